The molecule has 1 aromatic carbocycles. The second kappa shape index (κ2) is 6.52. The Labute approximate surface area is 147 Å². The first kappa shape index (κ1) is 15.6. The highest BCUT2D eigenvalue weighted by molar-refractivity contribution is 7.99. The zero-order valence-electron chi connectivity index (χ0n) is 12.8. The standard InChI is InChI=1S/C16H16N4O2S2/c21-13(17-16-19-18-14(24-16)10-6-7-10)12-8-23-9-20(12)15(22)11-4-2-1-3-5-11/h1-5,10,12H,6-9H2,(H,17,19,21)/t12-/m0/s1. The quantitative estimate of drug-likeness (QED) is 0.907. The van der Waals surface area contributed by atoms with E-state index in [9.17, 15) is 9.59 Å². The molecular weight excluding hydrogens is 344 g/mol. The van der Waals surface area contributed by atoms with Gasteiger partial charge in [-0.1, -0.05) is 29.5 Å². The highest BCUT2D eigenvalue weighted by atomic mass is 32.2. The fourth-order valence-electron chi connectivity index (χ4n) is 2.58. The third kappa shape index (κ3) is 3.16. The zero-order chi connectivity index (χ0) is 16.5. The Morgan fingerprint density at radius 3 is 2.71 bits per heavy atom. The lowest BCUT2D eigenvalue weighted by molar-refractivity contribution is -0.119. The smallest absolute Gasteiger partial charge is 0.255 e. The van der Waals surface area contributed by atoms with Crippen molar-refractivity contribution < 1.29 is 9.59 Å². The molecule has 1 N–H and O–H groups in total. The van der Waals surface area contributed by atoms with E-state index in [1.165, 1.54) is 11.3 Å². The van der Waals surface area contributed by atoms with E-state index in [2.05, 4.69) is 15.5 Å². The van der Waals surface area contributed by atoms with Gasteiger partial charge in [-0.3, -0.25) is 14.9 Å². The van der Waals surface area contributed by atoms with E-state index in [0.29, 0.717) is 28.2 Å². The normalized spacial score (nSPS) is 20.2. The van der Waals surface area contributed by atoms with Crippen LogP contribution in [0.1, 0.15) is 34.1 Å². The predicted octanol–water partition coefficient (Wildman–Crippen LogP) is 2.57. The van der Waals surface area contributed by atoms with Gasteiger partial charge in [-0.15, -0.1) is 22.0 Å². The van der Waals surface area contributed by atoms with Gasteiger partial charge in [0.2, 0.25) is 11.0 Å². The van der Waals surface area contributed by atoms with Crippen LogP contribution in [0.4, 0.5) is 5.13 Å². The molecule has 2 amide bonds. The second-order valence-electron chi connectivity index (χ2n) is 5.87. The number of anilines is 1. The number of hydrogen-bond acceptors (Lipinski definition) is 6. The van der Waals surface area contributed by atoms with E-state index >= 15 is 0 Å². The molecule has 1 aliphatic carbocycles. The molecule has 2 aromatic rings. The molecule has 24 heavy (non-hydrogen) atoms. The van der Waals surface area contributed by atoms with Crippen molar-refractivity contribution in [2.45, 2.75) is 24.8 Å². The summed E-state index contributed by atoms with van der Waals surface area (Å²) in [4.78, 5) is 26.8. The van der Waals surface area contributed by atoms with E-state index in [-0.39, 0.29) is 11.8 Å². The fourth-order valence-corrected chi connectivity index (χ4v) is 4.64. The highest BCUT2D eigenvalue weighted by Crippen LogP contribution is 2.42. The molecular formula is C16H16N4O2S2. The van der Waals surface area contributed by atoms with Crippen LogP contribution < -0.4 is 5.32 Å². The van der Waals surface area contributed by atoms with Crippen molar-refractivity contribution >= 4 is 40.0 Å². The highest BCUT2D eigenvalue weighted by Gasteiger charge is 2.36. The molecule has 2 heterocycles. The summed E-state index contributed by atoms with van der Waals surface area (Å²) in [5.41, 5.74) is 0.602. The summed E-state index contributed by atoms with van der Waals surface area (Å²) in [5, 5.41) is 12.5. The summed E-state index contributed by atoms with van der Waals surface area (Å²) in [7, 11) is 0. The van der Waals surface area contributed by atoms with Crippen LogP contribution in [-0.2, 0) is 4.79 Å². The van der Waals surface area contributed by atoms with Crippen molar-refractivity contribution in [1.29, 1.82) is 0 Å². The molecule has 0 bridgehead atoms. The SMILES string of the molecule is O=C(Nc1nnc(C2CC2)s1)[C@@H]1CSCN1C(=O)c1ccccc1. The number of carbonyl (C=O) groups is 2. The minimum absolute atomic E-state index is 0.114. The molecule has 0 spiro atoms. The number of hydrogen-bond donors (Lipinski definition) is 1. The van der Waals surface area contributed by atoms with Gasteiger partial charge in [-0.05, 0) is 25.0 Å². The number of carbonyl (C=O) groups excluding carboxylic acids is 2. The molecule has 2 fully saturated rings. The summed E-state index contributed by atoms with van der Waals surface area (Å²) in [6.07, 6.45) is 2.31. The number of nitrogens with zero attached hydrogens (tertiary/aromatic N) is 3. The minimum Gasteiger partial charge on any atom is -0.316 e. The van der Waals surface area contributed by atoms with Crippen LogP contribution in [0.5, 0.6) is 0 Å². The molecule has 124 valence electrons. The predicted molar refractivity (Wildman–Crippen MR) is 94.2 cm³/mol. The molecule has 1 atom stereocenters. The van der Waals surface area contributed by atoms with E-state index in [0.717, 1.165) is 17.8 Å². The van der Waals surface area contributed by atoms with Crippen molar-refractivity contribution in [2.75, 3.05) is 16.9 Å². The van der Waals surface area contributed by atoms with Gasteiger partial charge in [0, 0.05) is 17.2 Å². The summed E-state index contributed by atoms with van der Waals surface area (Å²) in [5.74, 6) is 1.33. The molecule has 0 unspecified atom stereocenters. The number of nitrogens with one attached hydrogen (secondary N) is 1. The average molecular weight is 360 g/mol. The largest absolute Gasteiger partial charge is 0.316 e. The zero-order valence-corrected chi connectivity index (χ0v) is 14.5. The Morgan fingerprint density at radius 2 is 1.96 bits per heavy atom. The van der Waals surface area contributed by atoms with Crippen LogP contribution in [0.3, 0.4) is 0 Å². The summed E-state index contributed by atoms with van der Waals surface area (Å²) < 4.78 is 0. The molecule has 2 aliphatic rings. The maximum atomic E-state index is 12.6. The second-order valence-corrected chi connectivity index (χ2v) is 7.87. The monoisotopic (exact) mass is 360 g/mol. The summed E-state index contributed by atoms with van der Waals surface area (Å²) in [6, 6.07) is 8.58. The number of benzene rings is 1. The van der Waals surface area contributed by atoms with Crippen molar-refractivity contribution in [3.63, 3.8) is 0 Å². The third-order valence-electron chi connectivity index (χ3n) is 4.06. The molecule has 0 radical (unpaired) electrons. The van der Waals surface area contributed by atoms with Gasteiger partial charge in [0.1, 0.15) is 11.0 Å². The van der Waals surface area contributed by atoms with Crippen molar-refractivity contribution in [2.24, 2.45) is 0 Å². The first-order valence-electron chi connectivity index (χ1n) is 7.80. The summed E-state index contributed by atoms with van der Waals surface area (Å²) in [6.45, 7) is 0. The molecule has 1 aromatic heterocycles. The van der Waals surface area contributed by atoms with Crippen LogP contribution in [-0.4, -0.2) is 44.6 Å². The van der Waals surface area contributed by atoms with Crippen molar-refractivity contribution in [1.82, 2.24) is 15.1 Å². The Bertz CT molecular complexity index is 760. The van der Waals surface area contributed by atoms with Gasteiger partial charge in [-0.25, -0.2) is 0 Å². The van der Waals surface area contributed by atoms with E-state index < -0.39 is 6.04 Å². The van der Waals surface area contributed by atoms with Crippen LogP contribution in [0.25, 0.3) is 0 Å². The van der Waals surface area contributed by atoms with Gasteiger partial charge >= 0.3 is 0 Å². The Balaban J connectivity index is 1.45. The minimum atomic E-state index is -0.476. The third-order valence-corrected chi connectivity index (χ3v) is 6.08. The lowest BCUT2D eigenvalue weighted by atomic mass is 10.1. The van der Waals surface area contributed by atoms with E-state index in [1.54, 1.807) is 28.8 Å². The van der Waals surface area contributed by atoms with Gasteiger partial charge in [0.25, 0.3) is 5.91 Å². The van der Waals surface area contributed by atoms with Gasteiger partial charge in [0.15, 0.2) is 0 Å². The lowest BCUT2D eigenvalue weighted by Crippen LogP contribution is -2.44. The first-order chi connectivity index (χ1) is 11.7. The number of rotatable bonds is 4. The maximum Gasteiger partial charge on any atom is 0.255 e. The van der Waals surface area contributed by atoms with Crippen LogP contribution in [0.2, 0.25) is 0 Å². The number of aromatic nitrogens is 2. The Morgan fingerprint density at radius 1 is 1.17 bits per heavy atom. The van der Waals surface area contributed by atoms with Crippen LogP contribution in [0.15, 0.2) is 30.3 Å². The topological polar surface area (TPSA) is 75.2 Å². The van der Waals surface area contributed by atoms with Crippen molar-refractivity contribution in [3.8, 4) is 0 Å². The Kier molecular flexibility index (Phi) is 4.24. The maximum absolute atomic E-state index is 12.6. The van der Waals surface area contributed by atoms with E-state index in [4.69, 9.17) is 0 Å². The molecule has 8 heteroatoms. The summed E-state index contributed by atoms with van der Waals surface area (Å²) >= 11 is 3.02. The van der Waals surface area contributed by atoms with Crippen LogP contribution >= 0.6 is 23.1 Å². The molecule has 1 saturated carbocycles. The van der Waals surface area contributed by atoms with E-state index in [1.807, 2.05) is 18.2 Å². The van der Waals surface area contributed by atoms with Crippen LogP contribution in [0, 0.1) is 0 Å². The molecule has 1 saturated heterocycles. The van der Waals surface area contributed by atoms with Gasteiger partial charge < -0.3 is 4.90 Å². The lowest BCUT2D eigenvalue weighted by Gasteiger charge is -2.22. The Hall–Kier alpha value is -1.93. The molecule has 6 nitrogen and oxygen atoms in total. The van der Waals surface area contributed by atoms with Gasteiger partial charge in [-0.2, -0.15) is 0 Å². The molecule has 1 aliphatic heterocycles. The number of thioether (sulfide) groups is 1. The first-order valence-corrected chi connectivity index (χ1v) is 9.77. The average Bonchev–Trinajstić information content (AvgIpc) is 3.16. The van der Waals surface area contributed by atoms with Crippen molar-refractivity contribution in [3.05, 3.63) is 40.9 Å². The van der Waals surface area contributed by atoms with Gasteiger partial charge in [0.05, 0.1) is 5.88 Å². The fraction of sp³-hybridized carbons (Fsp3) is 0.375. The number of amides is 2. The molecule has 4 rings (SSSR count).